The average molecular weight is 280 g/mol. The van der Waals surface area contributed by atoms with E-state index in [1.807, 2.05) is 12.1 Å². The molecule has 5 heteroatoms. The number of sulfone groups is 1. The molecule has 1 atom stereocenters. The fraction of sp³-hybridized carbons (Fsp3) is 0.571. The van der Waals surface area contributed by atoms with E-state index >= 15 is 0 Å². The van der Waals surface area contributed by atoms with Crippen LogP contribution in [0.5, 0.6) is 0 Å². The van der Waals surface area contributed by atoms with Crippen molar-refractivity contribution >= 4 is 15.5 Å². The Bertz CT molecular complexity index is 545. The second-order valence-corrected chi connectivity index (χ2v) is 7.70. The Hall–Kier alpha value is -1.07. The van der Waals surface area contributed by atoms with Gasteiger partial charge in [0.2, 0.25) is 0 Å². The molecule has 3 aliphatic heterocycles. The van der Waals surface area contributed by atoms with Gasteiger partial charge >= 0.3 is 0 Å². The summed E-state index contributed by atoms with van der Waals surface area (Å²) >= 11 is 0. The van der Waals surface area contributed by atoms with E-state index in [0.29, 0.717) is 10.9 Å². The summed E-state index contributed by atoms with van der Waals surface area (Å²) in [6.45, 7) is 3.57. The van der Waals surface area contributed by atoms with Gasteiger partial charge in [-0.3, -0.25) is 0 Å². The molecule has 3 saturated heterocycles. The highest BCUT2D eigenvalue weighted by atomic mass is 32.2. The molecule has 3 heterocycles. The normalized spacial score (nSPS) is 30.3. The summed E-state index contributed by atoms with van der Waals surface area (Å²) in [6, 6.07) is 7.60. The van der Waals surface area contributed by atoms with Gasteiger partial charge in [0.25, 0.3) is 0 Å². The van der Waals surface area contributed by atoms with Gasteiger partial charge in [0, 0.05) is 24.5 Å². The lowest BCUT2D eigenvalue weighted by Gasteiger charge is -2.45. The average Bonchev–Trinajstić information content (AvgIpc) is 2.40. The summed E-state index contributed by atoms with van der Waals surface area (Å²) < 4.78 is 22.8. The molecule has 0 radical (unpaired) electrons. The van der Waals surface area contributed by atoms with E-state index in [0.717, 1.165) is 18.2 Å². The van der Waals surface area contributed by atoms with Crippen molar-refractivity contribution in [3.63, 3.8) is 0 Å². The molecule has 1 aromatic carbocycles. The number of nitrogens with one attached hydrogen (secondary N) is 1. The molecule has 1 unspecified atom stereocenters. The Morgan fingerprint density at radius 1 is 1.16 bits per heavy atom. The third kappa shape index (κ3) is 2.77. The van der Waals surface area contributed by atoms with Gasteiger partial charge in [-0.15, -0.1) is 0 Å². The molecule has 0 amide bonds. The third-order valence-corrected chi connectivity index (χ3v) is 5.42. The first-order chi connectivity index (χ1) is 9.02. The Morgan fingerprint density at radius 2 is 1.79 bits per heavy atom. The van der Waals surface area contributed by atoms with Crippen LogP contribution in [-0.2, 0) is 9.84 Å². The van der Waals surface area contributed by atoms with Crippen molar-refractivity contribution < 1.29 is 8.42 Å². The number of hydrogen-bond donors (Lipinski definition) is 1. The molecule has 0 aromatic heterocycles. The monoisotopic (exact) mass is 280 g/mol. The van der Waals surface area contributed by atoms with Gasteiger partial charge in [0.1, 0.15) is 0 Å². The van der Waals surface area contributed by atoms with Gasteiger partial charge in [0.15, 0.2) is 9.84 Å². The van der Waals surface area contributed by atoms with Gasteiger partial charge in [-0.25, -0.2) is 8.42 Å². The molecule has 1 aromatic rings. The molecule has 104 valence electrons. The first-order valence-corrected chi connectivity index (χ1v) is 8.70. The minimum absolute atomic E-state index is 0.381. The maximum Gasteiger partial charge on any atom is 0.175 e. The number of hydrogen-bond acceptors (Lipinski definition) is 4. The lowest BCUT2D eigenvalue weighted by atomic mass is 9.84. The minimum atomic E-state index is -3.10. The Labute approximate surface area is 114 Å². The molecule has 3 fully saturated rings. The number of nitrogens with zero attached hydrogens (tertiary/aromatic N) is 1. The number of anilines is 1. The molecule has 0 spiro atoms. The van der Waals surface area contributed by atoms with E-state index in [9.17, 15) is 8.42 Å². The zero-order valence-corrected chi connectivity index (χ0v) is 12.0. The first-order valence-electron chi connectivity index (χ1n) is 6.81. The number of benzene rings is 1. The lowest BCUT2D eigenvalue weighted by Crippen LogP contribution is -2.53. The first kappa shape index (κ1) is 12.9. The van der Waals surface area contributed by atoms with E-state index in [1.54, 1.807) is 12.1 Å². The summed E-state index contributed by atoms with van der Waals surface area (Å²) in [6.07, 6.45) is 3.79. The molecule has 3 aliphatic rings. The van der Waals surface area contributed by atoms with Crippen molar-refractivity contribution in [2.24, 2.45) is 5.92 Å². The van der Waals surface area contributed by atoms with E-state index in [-0.39, 0.29) is 0 Å². The zero-order valence-electron chi connectivity index (χ0n) is 11.2. The summed E-state index contributed by atoms with van der Waals surface area (Å²) in [5.41, 5.74) is 1.02. The van der Waals surface area contributed by atoms with Gasteiger partial charge < -0.3 is 10.2 Å². The van der Waals surface area contributed by atoms with Crippen molar-refractivity contribution in [1.29, 1.82) is 0 Å². The van der Waals surface area contributed by atoms with E-state index in [2.05, 4.69) is 10.2 Å². The van der Waals surface area contributed by atoms with Crippen LogP contribution in [0.4, 0.5) is 5.69 Å². The molecule has 19 heavy (non-hydrogen) atoms. The van der Waals surface area contributed by atoms with Crippen LogP contribution >= 0.6 is 0 Å². The zero-order chi connectivity index (χ0) is 13.5. The number of fused-ring (bicyclic) bond motifs is 3. The van der Waals surface area contributed by atoms with Crippen LogP contribution in [0, 0.1) is 5.92 Å². The van der Waals surface area contributed by atoms with Crippen molar-refractivity contribution in [3.8, 4) is 0 Å². The second kappa shape index (κ2) is 4.80. The molecule has 2 bridgehead atoms. The topological polar surface area (TPSA) is 49.4 Å². The van der Waals surface area contributed by atoms with Crippen LogP contribution in [0.3, 0.4) is 0 Å². The van der Waals surface area contributed by atoms with E-state index in [4.69, 9.17) is 0 Å². The molecule has 0 saturated carbocycles. The Kier molecular flexibility index (Phi) is 3.27. The van der Waals surface area contributed by atoms with Crippen LogP contribution in [0.25, 0.3) is 0 Å². The predicted octanol–water partition coefficient (Wildman–Crippen LogP) is 1.60. The van der Waals surface area contributed by atoms with E-state index < -0.39 is 9.84 Å². The molecular formula is C14H20N2O2S. The summed E-state index contributed by atoms with van der Waals surface area (Å²) in [7, 11) is -3.10. The second-order valence-electron chi connectivity index (χ2n) is 5.69. The van der Waals surface area contributed by atoms with Crippen LogP contribution in [-0.4, -0.2) is 45.2 Å². The fourth-order valence-electron chi connectivity index (χ4n) is 3.14. The summed E-state index contributed by atoms with van der Waals surface area (Å²) in [4.78, 5) is 2.88. The predicted molar refractivity (Wildman–Crippen MR) is 76.1 cm³/mol. The molecule has 0 aliphatic carbocycles. The SMILES string of the molecule is CS(=O)(=O)c1ccc(NC2CN3CCC2CC3)cc1. The maximum atomic E-state index is 11.4. The molecular weight excluding hydrogens is 260 g/mol. The largest absolute Gasteiger partial charge is 0.381 e. The highest BCUT2D eigenvalue weighted by molar-refractivity contribution is 7.90. The highest BCUT2D eigenvalue weighted by Gasteiger charge is 2.33. The molecule has 4 nitrogen and oxygen atoms in total. The van der Waals surface area contributed by atoms with Crippen LogP contribution in [0.2, 0.25) is 0 Å². The van der Waals surface area contributed by atoms with Crippen molar-refractivity contribution in [1.82, 2.24) is 4.90 Å². The standard InChI is InChI=1S/C14H20N2O2S/c1-19(17,18)13-4-2-12(3-5-13)15-14-10-16-8-6-11(14)7-9-16/h2-5,11,14-15H,6-10H2,1H3. The van der Waals surface area contributed by atoms with E-state index in [1.165, 1.54) is 32.2 Å². The van der Waals surface area contributed by atoms with Crippen LogP contribution < -0.4 is 5.32 Å². The van der Waals surface area contributed by atoms with Gasteiger partial charge in [0.05, 0.1) is 4.90 Å². The Balaban J connectivity index is 1.70. The van der Waals surface area contributed by atoms with Crippen molar-refractivity contribution in [2.45, 2.75) is 23.8 Å². The Morgan fingerprint density at radius 3 is 2.26 bits per heavy atom. The number of piperidine rings is 3. The minimum Gasteiger partial charge on any atom is -0.381 e. The van der Waals surface area contributed by atoms with Gasteiger partial charge in [-0.05, 0) is 56.1 Å². The quantitative estimate of drug-likeness (QED) is 0.913. The van der Waals surface area contributed by atoms with Crippen LogP contribution in [0.15, 0.2) is 29.2 Å². The van der Waals surface area contributed by atoms with Gasteiger partial charge in [-0.1, -0.05) is 0 Å². The maximum absolute atomic E-state index is 11.4. The number of rotatable bonds is 3. The smallest absolute Gasteiger partial charge is 0.175 e. The lowest BCUT2D eigenvalue weighted by molar-refractivity contribution is 0.0975. The highest BCUT2D eigenvalue weighted by Crippen LogP contribution is 2.29. The van der Waals surface area contributed by atoms with Gasteiger partial charge in [-0.2, -0.15) is 0 Å². The molecule has 4 rings (SSSR count). The summed E-state index contributed by atoms with van der Waals surface area (Å²) in [5, 5.41) is 3.55. The summed E-state index contributed by atoms with van der Waals surface area (Å²) in [5.74, 6) is 0.764. The van der Waals surface area contributed by atoms with Crippen LogP contribution in [0.1, 0.15) is 12.8 Å². The van der Waals surface area contributed by atoms with Crippen molar-refractivity contribution in [2.75, 3.05) is 31.2 Å². The fourth-order valence-corrected chi connectivity index (χ4v) is 3.77. The third-order valence-electron chi connectivity index (χ3n) is 4.29. The molecule has 1 N–H and O–H groups in total. The van der Waals surface area contributed by atoms with Crippen molar-refractivity contribution in [3.05, 3.63) is 24.3 Å².